The van der Waals surface area contributed by atoms with Crippen LogP contribution >= 0.6 is 0 Å². The van der Waals surface area contributed by atoms with E-state index in [2.05, 4.69) is 19.2 Å². The van der Waals surface area contributed by atoms with Crippen LogP contribution in [0.5, 0.6) is 0 Å². The Hall–Kier alpha value is -0.0400. The van der Waals surface area contributed by atoms with Gasteiger partial charge in [0, 0.05) is 12.6 Å². The van der Waals surface area contributed by atoms with Crippen LogP contribution in [0.25, 0.3) is 0 Å². The number of hydrogen-bond acceptors (Lipinski definition) is 1. The smallest absolute Gasteiger partial charge is 0.00684 e. The first-order chi connectivity index (χ1) is 6.21. The first-order valence-electron chi connectivity index (χ1n) is 5.94. The summed E-state index contributed by atoms with van der Waals surface area (Å²) in [5, 5.41) is 3.70. The number of rotatable bonds is 3. The van der Waals surface area contributed by atoms with Gasteiger partial charge in [-0.2, -0.15) is 0 Å². The lowest BCUT2D eigenvalue weighted by molar-refractivity contribution is 0.127. The van der Waals surface area contributed by atoms with E-state index in [0.717, 1.165) is 12.0 Å². The largest absolute Gasteiger partial charge is 0.313 e. The number of nitrogens with one attached hydrogen (secondary N) is 1. The standard InChI is InChI=1S/C12H23N/c1-10-5-3-4-8-12(10,2)9-13-11-6-7-11/h10-11,13H,3-9H2,1-2H3. The molecule has 13 heavy (non-hydrogen) atoms. The second kappa shape index (κ2) is 3.61. The maximum Gasteiger partial charge on any atom is 0.00684 e. The molecule has 1 heteroatoms. The lowest BCUT2D eigenvalue weighted by Crippen LogP contribution is -2.39. The first kappa shape index (κ1) is 9.51. The topological polar surface area (TPSA) is 12.0 Å². The van der Waals surface area contributed by atoms with Crippen LogP contribution in [0.2, 0.25) is 0 Å². The van der Waals surface area contributed by atoms with Crippen LogP contribution < -0.4 is 5.32 Å². The highest BCUT2D eigenvalue weighted by atomic mass is 15.0. The maximum atomic E-state index is 3.70. The van der Waals surface area contributed by atoms with E-state index >= 15 is 0 Å². The van der Waals surface area contributed by atoms with E-state index < -0.39 is 0 Å². The summed E-state index contributed by atoms with van der Waals surface area (Å²) in [6, 6.07) is 0.881. The predicted molar refractivity (Wildman–Crippen MR) is 56.8 cm³/mol. The van der Waals surface area contributed by atoms with Gasteiger partial charge in [-0.15, -0.1) is 0 Å². The molecule has 0 bridgehead atoms. The zero-order valence-electron chi connectivity index (χ0n) is 9.10. The average Bonchev–Trinajstić information content (AvgIpc) is 2.91. The summed E-state index contributed by atoms with van der Waals surface area (Å²) in [6.07, 6.45) is 8.64. The van der Waals surface area contributed by atoms with Crippen LogP contribution in [-0.2, 0) is 0 Å². The first-order valence-corrected chi connectivity index (χ1v) is 5.94. The predicted octanol–water partition coefficient (Wildman–Crippen LogP) is 2.95. The fourth-order valence-corrected chi connectivity index (χ4v) is 2.50. The van der Waals surface area contributed by atoms with E-state index in [9.17, 15) is 0 Å². The molecule has 2 unspecified atom stereocenters. The van der Waals surface area contributed by atoms with Crippen LogP contribution in [-0.4, -0.2) is 12.6 Å². The summed E-state index contributed by atoms with van der Waals surface area (Å²) < 4.78 is 0. The molecule has 0 aliphatic heterocycles. The maximum absolute atomic E-state index is 3.70. The van der Waals surface area contributed by atoms with E-state index in [1.807, 2.05) is 0 Å². The third-order valence-corrected chi connectivity index (χ3v) is 4.20. The Morgan fingerprint density at radius 3 is 2.62 bits per heavy atom. The van der Waals surface area contributed by atoms with Gasteiger partial charge in [0.15, 0.2) is 0 Å². The quantitative estimate of drug-likeness (QED) is 0.706. The molecule has 0 saturated heterocycles. The lowest BCUT2D eigenvalue weighted by atomic mass is 9.68. The SMILES string of the molecule is CC1CCCCC1(C)CNC1CC1. The summed E-state index contributed by atoms with van der Waals surface area (Å²) in [5.41, 5.74) is 0.598. The highest BCUT2D eigenvalue weighted by Gasteiger charge is 2.34. The molecule has 2 aliphatic rings. The minimum absolute atomic E-state index is 0.598. The fourth-order valence-electron chi connectivity index (χ4n) is 2.50. The molecule has 76 valence electrons. The van der Waals surface area contributed by atoms with E-state index in [1.165, 1.54) is 45.1 Å². The Bertz CT molecular complexity index is 174. The Morgan fingerprint density at radius 1 is 1.23 bits per heavy atom. The summed E-state index contributed by atoms with van der Waals surface area (Å²) in [6.45, 7) is 6.18. The minimum Gasteiger partial charge on any atom is -0.313 e. The molecular weight excluding hydrogens is 158 g/mol. The van der Waals surface area contributed by atoms with Gasteiger partial charge in [0.05, 0.1) is 0 Å². The number of hydrogen-bond donors (Lipinski definition) is 1. The van der Waals surface area contributed by atoms with Crippen molar-refractivity contribution in [2.24, 2.45) is 11.3 Å². The highest BCUT2D eigenvalue weighted by molar-refractivity contribution is 4.89. The van der Waals surface area contributed by atoms with Crippen LogP contribution in [0.3, 0.4) is 0 Å². The van der Waals surface area contributed by atoms with Crippen molar-refractivity contribution in [2.45, 2.75) is 58.4 Å². The van der Waals surface area contributed by atoms with E-state index in [4.69, 9.17) is 0 Å². The van der Waals surface area contributed by atoms with Crippen LogP contribution in [0, 0.1) is 11.3 Å². The summed E-state index contributed by atoms with van der Waals surface area (Å²) in [4.78, 5) is 0. The third kappa shape index (κ3) is 2.25. The second-order valence-electron chi connectivity index (χ2n) is 5.46. The monoisotopic (exact) mass is 181 g/mol. The molecule has 2 atom stereocenters. The molecule has 2 rings (SSSR count). The van der Waals surface area contributed by atoms with Crippen molar-refractivity contribution < 1.29 is 0 Å². The molecule has 0 aromatic carbocycles. The molecule has 0 aromatic heterocycles. The molecule has 2 fully saturated rings. The van der Waals surface area contributed by atoms with Crippen molar-refractivity contribution in [1.29, 1.82) is 0 Å². The van der Waals surface area contributed by atoms with Gasteiger partial charge >= 0.3 is 0 Å². The van der Waals surface area contributed by atoms with Crippen LogP contribution in [0.15, 0.2) is 0 Å². The minimum atomic E-state index is 0.598. The lowest BCUT2D eigenvalue weighted by Gasteiger charge is -2.40. The van der Waals surface area contributed by atoms with Crippen molar-refractivity contribution in [2.75, 3.05) is 6.54 Å². The molecule has 0 aromatic rings. The van der Waals surface area contributed by atoms with Crippen molar-refractivity contribution in [3.8, 4) is 0 Å². The van der Waals surface area contributed by atoms with Gasteiger partial charge in [0.1, 0.15) is 0 Å². The Balaban J connectivity index is 1.83. The Morgan fingerprint density at radius 2 is 2.00 bits per heavy atom. The molecule has 0 radical (unpaired) electrons. The van der Waals surface area contributed by atoms with Crippen LogP contribution in [0.1, 0.15) is 52.4 Å². The van der Waals surface area contributed by atoms with Gasteiger partial charge in [0.2, 0.25) is 0 Å². The van der Waals surface area contributed by atoms with Crippen molar-refractivity contribution in [3.05, 3.63) is 0 Å². The highest BCUT2D eigenvalue weighted by Crippen LogP contribution is 2.40. The van der Waals surface area contributed by atoms with Gasteiger partial charge in [-0.25, -0.2) is 0 Å². The zero-order chi connectivity index (χ0) is 9.31. The summed E-state index contributed by atoms with van der Waals surface area (Å²) in [5.74, 6) is 0.924. The molecule has 2 aliphatic carbocycles. The average molecular weight is 181 g/mol. The van der Waals surface area contributed by atoms with E-state index in [-0.39, 0.29) is 0 Å². The van der Waals surface area contributed by atoms with Crippen molar-refractivity contribution >= 4 is 0 Å². The molecular formula is C12H23N. The van der Waals surface area contributed by atoms with Crippen LogP contribution in [0.4, 0.5) is 0 Å². The second-order valence-corrected chi connectivity index (χ2v) is 5.46. The van der Waals surface area contributed by atoms with Crippen molar-refractivity contribution in [1.82, 2.24) is 5.32 Å². The van der Waals surface area contributed by atoms with E-state index in [0.29, 0.717) is 5.41 Å². The Labute approximate surface area is 82.3 Å². The normalized spacial score (nSPS) is 40.6. The van der Waals surface area contributed by atoms with Gasteiger partial charge in [0.25, 0.3) is 0 Å². The van der Waals surface area contributed by atoms with E-state index in [1.54, 1.807) is 0 Å². The molecule has 1 nitrogen and oxygen atoms in total. The van der Waals surface area contributed by atoms with Gasteiger partial charge < -0.3 is 5.32 Å². The Kier molecular flexibility index (Phi) is 2.64. The van der Waals surface area contributed by atoms with Gasteiger partial charge in [-0.3, -0.25) is 0 Å². The fraction of sp³-hybridized carbons (Fsp3) is 1.00. The van der Waals surface area contributed by atoms with Gasteiger partial charge in [-0.05, 0) is 30.6 Å². The molecule has 1 N–H and O–H groups in total. The van der Waals surface area contributed by atoms with Gasteiger partial charge in [-0.1, -0.05) is 33.1 Å². The summed E-state index contributed by atoms with van der Waals surface area (Å²) in [7, 11) is 0. The molecule has 2 saturated carbocycles. The molecule has 0 amide bonds. The van der Waals surface area contributed by atoms with Crippen molar-refractivity contribution in [3.63, 3.8) is 0 Å². The third-order valence-electron chi connectivity index (χ3n) is 4.20. The zero-order valence-corrected chi connectivity index (χ0v) is 9.10. The summed E-state index contributed by atoms with van der Waals surface area (Å²) >= 11 is 0. The molecule has 0 spiro atoms. The molecule has 0 heterocycles.